The fourth-order valence-electron chi connectivity index (χ4n) is 1.76. The summed E-state index contributed by atoms with van der Waals surface area (Å²) in [5, 5.41) is 0. The second kappa shape index (κ2) is 4.83. The van der Waals surface area contributed by atoms with Gasteiger partial charge in [-0.1, -0.05) is 13.8 Å². The molecule has 0 spiro atoms. The maximum Gasteiger partial charge on any atom is 0.0714 e. The van der Waals surface area contributed by atoms with Crippen LogP contribution in [0.15, 0.2) is 0 Å². The minimum atomic E-state index is 0.495. The normalized spacial score (nSPS) is 25.5. The molecule has 0 amide bonds. The average Bonchev–Trinajstić information content (AvgIpc) is 2.36. The van der Waals surface area contributed by atoms with Crippen molar-refractivity contribution in [3.8, 4) is 0 Å². The number of hydrogen-bond acceptors (Lipinski definition) is 2. The molecule has 0 saturated carbocycles. The Labute approximate surface area is 75.9 Å². The molecular weight excluding hydrogens is 150 g/mol. The van der Waals surface area contributed by atoms with Gasteiger partial charge in [-0.25, -0.2) is 0 Å². The highest BCUT2D eigenvalue weighted by Crippen LogP contribution is 2.14. The van der Waals surface area contributed by atoms with Crippen LogP contribution in [0.3, 0.4) is 0 Å². The van der Waals surface area contributed by atoms with Crippen molar-refractivity contribution in [3.05, 3.63) is 5.92 Å². The molecule has 1 fully saturated rings. The Morgan fingerprint density at radius 3 is 2.83 bits per heavy atom. The van der Waals surface area contributed by atoms with Crippen molar-refractivity contribution >= 4 is 0 Å². The van der Waals surface area contributed by atoms with Crippen molar-refractivity contribution < 1.29 is 4.74 Å². The highest BCUT2D eigenvalue weighted by molar-refractivity contribution is 4.86. The van der Waals surface area contributed by atoms with Gasteiger partial charge >= 0.3 is 0 Å². The smallest absolute Gasteiger partial charge is 0.0714 e. The summed E-state index contributed by atoms with van der Waals surface area (Å²) in [5.41, 5.74) is 0. The fourth-order valence-corrected chi connectivity index (χ4v) is 1.76. The van der Waals surface area contributed by atoms with Gasteiger partial charge in [0.2, 0.25) is 0 Å². The van der Waals surface area contributed by atoms with Gasteiger partial charge in [-0.15, -0.1) is 0 Å². The zero-order valence-corrected chi connectivity index (χ0v) is 8.47. The van der Waals surface area contributed by atoms with Crippen molar-refractivity contribution in [2.24, 2.45) is 0 Å². The topological polar surface area (TPSA) is 12.5 Å². The third-order valence-electron chi connectivity index (χ3n) is 2.17. The molecule has 71 valence electrons. The molecular formula is C10H20NO. The minimum Gasteiger partial charge on any atom is -0.377 e. The Bertz CT molecular complexity index is 125. The number of rotatable bonds is 4. The lowest BCUT2D eigenvalue weighted by atomic mass is 10.2. The first kappa shape index (κ1) is 10.0. The predicted octanol–water partition coefficient (Wildman–Crippen LogP) is 1.71. The second-order valence-corrected chi connectivity index (χ2v) is 3.81. The van der Waals surface area contributed by atoms with Gasteiger partial charge in [0, 0.05) is 26.2 Å². The molecule has 1 aliphatic heterocycles. The average molecular weight is 170 g/mol. The zero-order valence-electron chi connectivity index (χ0n) is 8.47. The summed E-state index contributed by atoms with van der Waals surface area (Å²) in [7, 11) is 0. The first-order valence-electron chi connectivity index (χ1n) is 4.85. The van der Waals surface area contributed by atoms with E-state index in [1.165, 1.54) is 18.9 Å². The molecule has 0 bridgehead atoms. The molecule has 0 aliphatic carbocycles. The van der Waals surface area contributed by atoms with Crippen molar-refractivity contribution in [1.29, 1.82) is 0 Å². The number of nitrogens with zero attached hydrogens (tertiary/aromatic N) is 1. The zero-order chi connectivity index (χ0) is 8.97. The third kappa shape index (κ3) is 3.11. The minimum absolute atomic E-state index is 0.495. The Kier molecular flexibility index (Phi) is 4.02. The summed E-state index contributed by atoms with van der Waals surface area (Å²) in [6.07, 6.45) is 1.70. The van der Waals surface area contributed by atoms with Crippen molar-refractivity contribution in [3.63, 3.8) is 0 Å². The van der Waals surface area contributed by atoms with E-state index >= 15 is 0 Å². The van der Waals surface area contributed by atoms with Gasteiger partial charge in [0.05, 0.1) is 6.10 Å². The van der Waals surface area contributed by atoms with Crippen LogP contribution in [0.4, 0.5) is 0 Å². The van der Waals surface area contributed by atoms with E-state index in [1.807, 2.05) is 0 Å². The van der Waals surface area contributed by atoms with Crippen LogP contribution in [0, 0.1) is 5.92 Å². The van der Waals surface area contributed by atoms with Crippen molar-refractivity contribution in [2.75, 3.05) is 26.2 Å². The monoisotopic (exact) mass is 170 g/mol. The molecule has 12 heavy (non-hydrogen) atoms. The predicted molar refractivity (Wildman–Crippen MR) is 51.1 cm³/mol. The summed E-state index contributed by atoms with van der Waals surface area (Å²) in [6.45, 7) is 10.8. The maximum absolute atomic E-state index is 5.56. The molecule has 2 heteroatoms. The van der Waals surface area contributed by atoms with E-state index in [1.54, 1.807) is 0 Å². The SMILES string of the molecule is CCO[C@@H]1CCN(C[C](C)C)C1. The first-order valence-corrected chi connectivity index (χ1v) is 4.85. The Morgan fingerprint density at radius 2 is 2.25 bits per heavy atom. The Hall–Kier alpha value is -0.0800. The highest BCUT2D eigenvalue weighted by Gasteiger charge is 2.22. The molecule has 1 aliphatic rings. The van der Waals surface area contributed by atoms with Crippen LogP contribution in [-0.4, -0.2) is 37.2 Å². The van der Waals surface area contributed by atoms with Crippen LogP contribution in [-0.2, 0) is 4.74 Å². The Balaban J connectivity index is 2.16. The van der Waals surface area contributed by atoms with Crippen LogP contribution in [0.2, 0.25) is 0 Å². The van der Waals surface area contributed by atoms with Crippen LogP contribution in [0.1, 0.15) is 27.2 Å². The molecule has 1 heterocycles. The third-order valence-corrected chi connectivity index (χ3v) is 2.17. The molecule has 1 rings (SSSR count). The van der Waals surface area contributed by atoms with E-state index in [0.29, 0.717) is 6.10 Å². The number of likely N-dealkylation sites (tertiary alicyclic amines) is 1. The molecule has 0 aromatic rings. The molecule has 1 radical (unpaired) electrons. The number of hydrogen-bond donors (Lipinski definition) is 0. The molecule has 0 unspecified atom stereocenters. The lowest BCUT2D eigenvalue weighted by molar-refractivity contribution is 0.0693. The van der Waals surface area contributed by atoms with Crippen LogP contribution in [0.25, 0.3) is 0 Å². The summed E-state index contributed by atoms with van der Waals surface area (Å²) in [6, 6.07) is 0. The highest BCUT2D eigenvalue weighted by atomic mass is 16.5. The summed E-state index contributed by atoms with van der Waals surface area (Å²) >= 11 is 0. The molecule has 1 saturated heterocycles. The van der Waals surface area contributed by atoms with E-state index in [4.69, 9.17) is 4.74 Å². The van der Waals surface area contributed by atoms with E-state index < -0.39 is 0 Å². The van der Waals surface area contributed by atoms with Crippen LogP contribution >= 0.6 is 0 Å². The van der Waals surface area contributed by atoms with E-state index in [-0.39, 0.29) is 0 Å². The lowest BCUT2D eigenvalue weighted by Crippen LogP contribution is -2.26. The standard InChI is InChI=1S/C10H20NO/c1-4-12-10-5-6-11(8-10)7-9(2)3/h10H,4-8H2,1-3H3/t10-/m1/s1. The summed E-state index contributed by atoms with van der Waals surface area (Å²) in [4.78, 5) is 2.47. The summed E-state index contributed by atoms with van der Waals surface area (Å²) in [5.74, 6) is 1.49. The van der Waals surface area contributed by atoms with Gasteiger partial charge in [0.15, 0.2) is 0 Å². The first-order chi connectivity index (χ1) is 5.72. The van der Waals surface area contributed by atoms with Gasteiger partial charge in [-0.3, -0.25) is 0 Å². The number of ether oxygens (including phenoxy) is 1. The van der Waals surface area contributed by atoms with E-state index in [0.717, 1.165) is 19.7 Å². The van der Waals surface area contributed by atoms with Gasteiger partial charge in [-0.2, -0.15) is 0 Å². The quantitative estimate of drug-likeness (QED) is 0.637. The van der Waals surface area contributed by atoms with Crippen LogP contribution < -0.4 is 0 Å². The molecule has 1 atom stereocenters. The largest absolute Gasteiger partial charge is 0.377 e. The lowest BCUT2D eigenvalue weighted by Gasteiger charge is -2.17. The fraction of sp³-hybridized carbons (Fsp3) is 0.900. The molecule has 0 N–H and O–H groups in total. The van der Waals surface area contributed by atoms with Gasteiger partial charge < -0.3 is 9.64 Å². The Morgan fingerprint density at radius 1 is 1.50 bits per heavy atom. The molecule has 0 aromatic carbocycles. The molecule has 2 nitrogen and oxygen atoms in total. The van der Waals surface area contributed by atoms with Crippen molar-refractivity contribution in [2.45, 2.75) is 33.3 Å². The van der Waals surface area contributed by atoms with Crippen LogP contribution in [0.5, 0.6) is 0 Å². The van der Waals surface area contributed by atoms with Gasteiger partial charge in [-0.05, 0) is 19.3 Å². The van der Waals surface area contributed by atoms with Gasteiger partial charge in [0.1, 0.15) is 0 Å². The van der Waals surface area contributed by atoms with Gasteiger partial charge in [0.25, 0.3) is 0 Å². The second-order valence-electron chi connectivity index (χ2n) is 3.81. The van der Waals surface area contributed by atoms with Crippen molar-refractivity contribution in [1.82, 2.24) is 4.90 Å². The summed E-state index contributed by atoms with van der Waals surface area (Å²) < 4.78 is 5.56. The maximum atomic E-state index is 5.56. The van der Waals surface area contributed by atoms with E-state index in [9.17, 15) is 0 Å². The molecule has 0 aromatic heterocycles. The van der Waals surface area contributed by atoms with E-state index in [2.05, 4.69) is 25.7 Å².